The van der Waals surface area contributed by atoms with Crippen molar-refractivity contribution in [2.75, 3.05) is 24.7 Å². The van der Waals surface area contributed by atoms with Gasteiger partial charge in [0.25, 0.3) is 0 Å². The average Bonchev–Trinajstić information content (AvgIpc) is 2.65. The van der Waals surface area contributed by atoms with Crippen molar-refractivity contribution < 1.29 is 4.42 Å². The van der Waals surface area contributed by atoms with E-state index in [9.17, 15) is 0 Å². The Morgan fingerprint density at radius 3 is 2.67 bits per heavy atom. The van der Waals surface area contributed by atoms with Gasteiger partial charge in [0.05, 0.1) is 0 Å². The summed E-state index contributed by atoms with van der Waals surface area (Å²) in [7, 11) is 3.95. The van der Waals surface area contributed by atoms with Gasteiger partial charge in [-0.05, 0) is 18.2 Å². The lowest BCUT2D eigenvalue weighted by atomic mass is 10.2. The number of rotatable bonds is 2. The van der Waals surface area contributed by atoms with E-state index in [4.69, 9.17) is 10.2 Å². The Bertz CT molecular complexity index is 464. The van der Waals surface area contributed by atoms with Crippen LogP contribution in [-0.4, -0.2) is 24.3 Å². The molecule has 0 unspecified atom stereocenters. The topological polar surface area (TPSA) is 68.2 Å². The fourth-order valence-electron chi connectivity index (χ4n) is 1.27. The molecule has 0 amide bonds. The highest BCUT2D eigenvalue weighted by Gasteiger charge is 2.06. The van der Waals surface area contributed by atoms with Crippen molar-refractivity contribution in [1.29, 1.82) is 0 Å². The molecule has 1 aromatic heterocycles. The molecule has 0 fully saturated rings. The lowest BCUT2D eigenvalue weighted by Crippen LogP contribution is -2.08. The number of anilines is 2. The summed E-state index contributed by atoms with van der Waals surface area (Å²) in [4.78, 5) is 2.00. The van der Waals surface area contributed by atoms with E-state index in [1.165, 1.54) is 0 Å². The molecular formula is C10H12N4O. The van der Waals surface area contributed by atoms with Gasteiger partial charge in [-0.1, -0.05) is 11.2 Å². The van der Waals surface area contributed by atoms with Gasteiger partial charge in [-0.15, -0.1) is 5.10 Å². The van der Waals surface area contributed by atoms with E-state index in [0.717, 1.165) is 11.3 Å². The molecule has 0 saturated heterocycles. The monoisotopic (exact) mass is 204 g/mol. The van der Waals surface area contributed by atoms with Gasteiger partial charge in [0.2, 0.25) is 5.89 Å². The van der Waals surface area contributed by atoms with Crippen LogP contribution in [0.1, 0.15) is 0 Å². The number of hydrogen-bond acceptors (Lipinski definition) is 5. The third-order valence-electron chi connectivity index (χ3n) is 2.05. The third kappa shape index (κ3) is 1.90. The standard InChI is InChI=1S/C10H12N4O/c1-14(2)8-5-3-4-7(6-8)9-12-13-10(11)15-9/h3-6H,1-2H3,(H2,11,13). The van der Waals surface area contributed by atoms with Gasteiger partial charge in [-0.25, -0.2) is 0 Å². The van der Waals surface area contributed by atoms with E-state index >= 15 is 0 Å². The van der Waals surface area contributed by atoms with Crippen molar-refractivity contribution in [1.82, 2.24) is 10.2 Å². The predicted molar refractivity (Wildman–Crippen MR) is 58.5 cm³/mol. The summed E-state index contributed by atoms with van der Waals surface area (Å²) in [5.41, 5.74) is 7.30. The second kappa shape index (κ2) is 3.61. The molecular weight excluding hydrogens is 192 g/mol. The molecule has 0 aliphatic rings. The van der Waals surface area contributed by atoms with Crippen LogP contribution in [0.4, 0.5) is 11.7 Å². The molecule has 2 N–H and O–H groups in total. The molecule has 15 heavy (non-hydrogen) atoms. The predicted octanol–water partition coefficient (Wildman–Crippen LogP) is 1.38. The molecule has 2 rings (SSSR count). The highest BCUT2D eigenvalue weighted by molar-refractivity contribution is 5.61. The molecule has 0 radical (unpaired) electrons. The molecule has 2 aromatic rings. The van der Waals surface area contributed by atoms with E-state index in [0.29, 0.717) is 5.89 Å². The Morgan fingerprint density at radius 1 is 1.27 bits per heavy atom. The molecule has 1 aromatic carbocycles. The van der Waals surface area contributed by atoms with E-state index in [1.54, 1.807) is 0 Å². The maximum atomic E-state index is 5.36. The first kappa shape index (κ1) is 9.51. The van der Waals surface area contributed by atoms with E-state index in [2.05, 4.69) is 10.2 Å². The molecule has 78 valence electrons. The zero-order chi connectivity index (χ0) is 10.8. The first-order valence-corrected chi connectivity index (χ1v) is 4.53. The maximum absolute atomic E-state index is 5.36. The van der Waals surface area contributed by atoms with Gasteiger partial charge in [0.15, 0.2) is 0 Å². The number of nitrogen functional groups attached to an aromatic ring is 1. The van der Waals surface area contributed by atoms with Gasteiger partial charge >= 0.3 is 6.01 Å². The van der Waals surface area contributed by atoms with Crippen LogP contribution in [0.2, 0.25) is 0 Å². The number of nitrogens with two attached hydrogens (primary N) is 1. The second-order valence-electron chi connectivity index (χ2n) is 3.39. The number of nitrogens with zero attached hydrogens (tertiary/aromatic N) is 3. The average molecular weight is 204 g/mol. The van der Waals surface area contributed by atoms with Crippen molar-refractivity contribution >= 4 is 11.7 Å². The number of hydrogen-bond donors (Lipinski definition) is 1. The Labute approximate surface area is 87.5 Å². The van der Waals surface area contributed by atoms with E-state index in [1.807, 2.05) is 43.3 Å². The highest BCUT2D eigenvalue weighted by atomic mass is 16.4. The van der Waals surface area contributed by atoms with Gasteiger partial charge < -0.3 is 15.1 Å². The molecule has 0 atom stereocenters. The van der Waals surface area contributed by atoms with Crippen LogP contribution in [0.25, 0.3) is 11.5 Å². The van der Waals surface area contributed by atoms with Crippen LogP contribution in [0, 0.1) is 0 Å². The van der Waals surface area contributed by atoms with Crippen molar-refractivity contribution in [2.45, 2.75) is 0 Å². The normalized spacial score (nSPS) is 10.3. The SMILES string of the molecule is CN(C)c1cccc(-c2nnc(N)o2)c1. The number of aromatic nitrogens is 2. The van der Waals surface area contributed by atoms with Crippen molar-refractivity contribution in [2.24, 2.45) is 0 Å². The van der Waals surface area contributed by atoms with Crippen LogP contribution in [0.3, 0.4) is 0 Å². The first-order chi connectivity index (χ1) is 7.16. The number of benzene rings is 1. The fourth-order valence-corrected chi connectivity index (χ4v) is 1.27. The van der Waals surface area contributed by atoms with Gasteiger partial charge in [0.1, 0.15) is 0 Å². The maximum Gasteiger partial charge on any atom is 0.313 e. The lowest BCUT2D eigenvalue weighted by molar-refractivity contribution is 0.590. The smallest absolute Gasteiger partial charge is 0.313 e. The molecule has 0 saturated carbocycles. The van der Waals surface area contributed by atoms with Crippen molar-refractivity contribution in [3.8, 4) is 11.5 Å². The molecule has 1 heterocycles. The van der Waals surface area contributed by atoms with Crippen LogP contribution in [0.5, 0.6) is 0 Å². The summed E-state index contributed by atoms with van der Waals surface area (Å²) >= 11 is 0. The van der Waals surface area contributed by atoms with Gasteiger partial charge in [0, 0.05) is 25.3 Å². The second-order valence-corrected chi connectivity index (χ2v) is 3.39. The minimum Gasteiger partial charge on any atom is -0.404 e. The minimum absolute atomic E-state index is 0.0836. The third-order valence-corrected chi connectivity index (χ3v) is 2.05. The van der Waals surface area contributed by atoms with E-state index < -0.39 is 0 Å². The Morgan fingerprint density at radius 2 is 2.07 bits per heavy atom. The summed E-state index contributed by atoms with van der Waals surface area (Å²) in [5.74, 6) is 0.441. The van der Waals surface area contributed by atoms with Crippen LogP contribution >= 0.6 is 0 Å². The molecule has 5 heteroatoms. The molecule has 0 aliphatic heterocycles. The molecule has 5 nitrogen and oxygen atoms in total. The van der Waals surface area contributed by atoms with E-state index in [-0.39, 0.29) is 6.01 Å². The summed E-state index contributed by atoms with van der Waals surface area (Å²) in [5, 5.41) is 7.44. The van der Waals surface area contributed by atoms with Crippen molar-refractivity contribution in [3.05, 3.63) is 24.3 Å². The Balaban J connectivity index is 2.41. The molecule has 0 spiro atoms. The first-order valence-electron chi connectivity index (χ1n) is 4.53. The zero-order valence-electron chi connectivity index (χ0n) is 8.64. The summed E-state index contributed by atoms with van der Waals surface area (Å²) in [6.07, 6.45) is 0. The quantitative estimate of drug-likeness (QED) is 0.800. The van der Waals surface area contributed by atoms with Crippen LogP contribution < -0.4 is 10.6 Å². The van der Waals surface area contributed by atoms with Crippen LogP contribution in [0.15, 0.2) is 28.7 Å². The zero-order valence-corrected chi connectivity index (χ0v) is 8.64. The van der Waals surface area contributed by atoms with Gasteiger partial charge in [-0.2, -0.15) is 0 Å². The lowest BCUT2D eigenvalue weighted by Gasteiger charge is -2.12. The summed E-state index contributed by atoms with van der Waals surface area (Å²) in [6.45, 7) is 0. The molecule has 0 aliphatic carbocycles. The fraction of sp³-hybridized carbons (Fsp3) is 0.200. The van der Waals surface area contributed by atoms with Crippen LogP contribution in [-0.2, 0) is 0 Å². The Hall–Kier alpha value is -2.04. The molecule has 0 bridgehead atoms. The summed E-state index contributed by atoms with van der Waals surface area (Å²) < 4.78 is 5.14. The minimum atomic E-state index is 0.0836. The Kier molecular flexibility index (Phi) is 2.29. The van der Waals surface area contributed by atoms with Gasteiger partial charge in [-0.3, -0.25) is 0 Å². The van der Waals surface area contributed by atoms with Crippen molar-refractivity contribution in [3.63, 3.8) is 0 Å². The summed E-state index contributed by atoms with van der Waals surface area (Å²) in [6, 6.07) is 7.89. The largest absolute Gasteiger partial charge is 0.404 e. The highest BCUT2D eigenvalue weighted by Crippen LogP contribution is 2.22.